The van der Waals surface area contributed by atoms with Crippen molar-refractivity contribution in [3.63, 3.8) is 0 Å². The van der Waals surface area contributed by atoms with Crippen molar-refractivity contribution >= 4 is 49.0 Å². The monoisotopic (exact) mass is 376 g/mol. The number of hydrogen-bond acceptors (Lipinski definition) is 2. The van der Waals surface area contributed by atoms with Crippen molar-refractivity contribution in [2.45, 2.75) is 6.92 Å². The zero-order valence-electron chi connectivity index (χ0n) is 8.76. The molecule has 1 aromatic carbocycles. The predicted molar refractivity (Wildman–Crippen MR) is 74.3 cm³/mol. The fourth-order valence-corrected chi connectivity index (χ4v) is 3.55. The number of aryl methyl sites for hydroxylation is 1. The van der Waals surface area contributed by atoms with E-state index in [-0.39, 0.29) is 11.3 Å². The van der Waals surface area contributed by atoms with Gasteiger partial charge in [-0.3, -0.25) is 4.79 Å². The van der Waals surface area contributed by atoms with Gasteiger partial charge in [0.25, 0.3) is 0 Å². The SMILES string of the molecule is Cc1sc(Br)cc1C(=O)c1cccc(Br)c1F. The lowest BCUT2D eigenvalue weighted by Crippen LogP contribution is -2.04. The first-order valence-electron chi connectivity index (χ1n) is 4.75. The minimum absolute atomic E-state index is 0.0905. The lowest BCUT2D eigenvalue weighted by atomic mass is 10.0. The summed E-state index contributed by atoms with van der Waals surface area (Å²) < 4.78 is 15.0. The van der Waals surface area contributed by atoms with Gasteiger partial charge in [-0.2, -0.15) is 0 Å². The molecule has 0 spiro atoms. The molecule has 0 fully saturated rings. The van der Waals surface area contributed by atoms with Crippen LogP contribution in [0.2, 0.25) is 0 Å². The molecule has 0 bridgehead atoms. The summed E-state index contributed by atoms with van der Waals surface area (Å²) in [5.74, 6) is -0.803. The molecule has 2 aromatic rings. The van der Waals surface area contributed by atoms with Gasteiger partial charge < -0.3 is 0 Å². The highest BCUT2D eigenvalue weighted by molar-refractivity contribution is 9.11. The first-order valence-corrected chi connectivity index (χ1v) is 7.15. The van der Waals surface area contributed by atoms with Crippen LogP contribution in [-0.2, 0) is 0 Å². The standard InChI is InChI=1S/C12H7Br2FOS/c1-6-8(5-10(14)17-6)12(16)7-3-2-4-9(13)11(7)15/h2-5H,1H3. The number of hydrogen-bond donors (Lipinski definition) is 0. The largest absolute Gasteiger partial charge is 0.288 e. The Balaban J connectivity index is 2.51. The second-order valence-corrected chi connectivity index (χ2v) is 6.94. The Morgan fingerprint density at radius 2 is 2.00 bits per heavy atom. The smallest absolute Gasteiger partial charge is 0.197 e. The van der Waals surface area contributed by atoms with E-state index in [4.69, 9.17) is 0 Å². The Morgan fingerprint density at radius 3 is 2.59 bits per heavy atom. The van der Waals surface area contributed by atoms with Crippen LogP contribution in [0.3, 0.4) is 0 Å². The maximum absolute atomic E-state index is 13.8. The van der Waals surface area contributed by atoms with E-state index >= 15 is 0 Å². The van der Waals surface area contributed by atoms with Crippen molar-refractivity contribution < 1.29 is 9.18 Å². The van der Waals surface area contributed by atoms with E-state index in [2.05, 4.69) is 31.9 Å². The van der Waals surface area contributed by atoms with Gasteiger partial charge in [0, 0.05) is 10.4 Å². The normalized spacial score (nSPS) is 10.6. The molecule has 0 aliphatic carbocycles. The Hall–Kier alpha value is -0.520. The van der Waals surface area contributed by atoms with Gasteiger partial charge in [0.2, 0.25) is 0 Å². The quantitative estimate of drug-likeness (QED) is 0.676. The third-order valence-electron chi connectivity index (χ3n) is 2.33. The second kappa shape index (κ2) is 5.00. The Morgan fingerprint density at radius 1 is 1.29 bits per heavy atom. The minimum Gasteiger partial charge on any atom is -0.288 e. The third kappa shape index (κ3) is 2.51. The maximum Gasteiger partial charge on any atom is 0.197 e. The van der Waals surface area contributed by atoms with Crippen molar-refractivity contribution in [2.75, 3.05) is 0 Å². The van der Waals surface area contributed by atoms with Crippen molar-refractivity contribution in [2.24, 2.45) is 0 Å². The Bertz CT molecular complexity index is 592. The zero-order chi connectivity index (χ0) is 12.6. The fourth-order valence-electron chi connectivity index (χ4n) is 1.50. The summed E-state index contributed by atoms with van der Waals surface area (Å²) in [5, 5.41) is 0. The van der Waals surface area contributed by atoms with E-state index in [9.17, 15) is 9.18 Å². The molecule has 17 heavy (non-hydrogen) atoms. The maximum atomic E-state index is 13.8. The van der Waals surface area contributed by atoms with Crippen molar-refractivity contribution in [3.8, 4) is 0 Å². The number of benzene rings is 1. The molecule has 0 atom stereocenters. The summed E-state index contributed by atoms with van der Waals surface area (Å²) in [7, 11) is 0. The van der Waals surface area contributed by atoms with Gasteiger partial charge >= 0.3 is 0 Å². The highest BCUT2D eigenvalue weighted by Crippen LogP contribution is 2.29. The molecule has 0 aliphatic rings. The molecule has 0 amide bonds. The number of rotatable bonds is 2. The molecule has 88 valence electrons. The minimum atomic E-state index is -0.515. The predicted octanol–water partition coefficient (Wildman–Crippen LogP) is 4.95. The molecule has 0 saturated carbocycles. The summed E-state index contributed by atoms with van der Waals surface area (Å²) in [6.45, 7) is 1.85. The molecule has 5 heteroatoms. The lowest BCUT2D eigenvalue weighted by molar-refractivity contribution is 0.103. The van der Waals surface area contributed by atoms with Gasteiger partial charge in [0.15, 0.2) is 5.78 Å². The number of thiophene rings is 1. The number of carbonyl (C=O) groups excluding carboxylic acids is 1. The van der Waals surface area contributed by atoms with Gasteiger partial charge in [-0.1, -0.05) is 6.07 Å². The highest BCUT2D eigenvalue weighted by Gasteiger charge is 2.19. The molecule has 0 N–H and O–H groups in total. The summed E-state index contributed by atoms with van der Waals surface area (Å²) in [4.78, 5) is 13.1. The molecule has 0 saturated heterocycles. The van der Waals surface area contributed by atoms with E-state index in [0.717, 1.165) is 8.66 Å². The summed E-state index contributed by atoms with van der Waals surface area (Å²) >= 11 is 7.86. The van der Waals surface area contributed by atoms with Crippen LogP contribution in [0.15, 0.2) is 32.5 Å². The van der Waals surface area contributed by atoms with Gasteiger partial charge in [-0.05, 0) is 57.0 Å². The Labute approximate surface area is 119 Å². The average molecular weight is 378 g/mol. The summed E-state index contributed by atoms with van der Waals surface area (Å²) in [5.41, 5.74) is 0.631. The number of carbonyl (C=O) groups is 1. The van der Waals surface area contributed by atoms with Gasteiger partial charge in [0.05, 0.1) is 13.8 Å². The van der Waals surface area contributed by atoms with E-state index in [1.807, 2.05) is 6.92 Å². The summed E-state index contributed by atoms with van der Waals surface area (Å²) in [6.07, 6.45) is 0. The number of halogens is 3. The van der Waals surface area contributed by atoms with E-state index in [1.165, 1.54) is 17.4 Å². The average Bonchev–Trinajstić information content (AvgIpc) is 2.61. The molecule has 0 aliphatic heterocycles. The third-order valence-corrected chi connectivity index (χ3v) is 4.49. The van der Waals surface area contributed by atoms with Crippen molar-refractivity contribution in [1.82, 2.24) is 0 Å². The van der Waals surface area contributed by atoms with Crippen LogP contribution in [0, 0.1) is 12.7 Å². The molecule has 1 aromatic heterocycles. The topological polar surface area (TPSA) is 17.1 Å². The van der Waals surface area contributed by atoms with Crippen LogP contribution in [0.4, 0.5) is 4.39 Å². The van der Waals surface area contributed by atoms with Gasteiger partial charge in [0.1, 0.15) is 5.82 Å². The summed E-state index contributed by atoms with van der Waals surface area (Å²) in [6, 6.07) is 6.44. The van der Waals surface area contributed by atoms with Crippen LogP contribution >= 0.6 is 43.2 Å². The van der Waals surface area contributed by atoms with Crippen molar-refractivity contribution in [3.05, 3.63) is 54.3 Å². The first kappa shape index (κ1) is 12.9. The zero-order valence-corrected chi connectivity index (χ0v) is 12.7. The first-order chi connectivity index (χ1) is 8.00. The molecule has 0 unspecified atom stereocenters. The Kier molecular flexibility index (Phi) is 3.80. The van der Waals surface area contributed by atoms with Crippen molar-refractivity contribution in [1.29, 1.82) is 0 Å². The van der Waals surface area contributed by atoms with Crippen LogP contribution in [0.25, 0.3) is 0 Å². The van der Waals surface area contributed by atoms with Crippen LogP contribution in [0.1, 0.15) is 20.8 Å². The second-order valence-electron chi connectivity index (χ2n) is 3.45. The van der Waals surface area contributed by atoms with E-state index in [0.29, 0.717) is 10.0 Å². The van der Waals surface area contributed by atoms with Gasteiger partial charge in [-0.15, -0.1) is 11.3 Å². The highest BCUT2D eigenvalue weighted by atomic mass is 79.9. The molecular weight excluding hydrogens is 371 g/mol. The molecule has 0 radical (unpaired) electrons. The molecule has 1 nitrogen and oxygen atoms in total. The lowest BCUT2D eigenvalue weighted by Gasteiger charge is -2.03. The van der Waals surface area contributed by atoms with E-state index < -0.39 is 5.82 Å². The van der Waals surface area contributed by atoms with E-state index in [1.54, 1.807) is 18.2 Å². The number of ketones is 1. The molecule has 1 heterocycles. The van der Waals surface area contributed by atoms with Gasteiger partial charge in [-0.25, -0.2) is 4.39 Å². The van der Waals surface area contributed by atoms with Crippen LogP contribution in [0.5, 0.6) is 0 Å². The molecular formula is C12H7Br2FOS. The fraction of sp³-hybridized carbons (Fsp3) is 0.0833. The van der Waals surface area contributed by atoms with Crippen LogP contribution in [-0.4, -0.2) is 5.78 Å². The molecule has 2 rings (SSSR count). The van der Waals surface area contributed by atoms with Crippen LogP contribution < -0.4 is 0 Å².